The summed E-state index contributed by atoms with van der Waals surface area (Å²) in [7, 11) is 0. The fraction of sp³-hybridized carbons (Fsp3) is 0.115. The lowest BCUT2D eigenvalue weighted by atomic mass is 10.1. The van der Waals surface area contributed by atoms with Crippen molar-refractivity contribution in [3.63, 3.8) is 0 Å². The predicted octanol–water partition coefficient (Wildman–Crippen LogP) is 6.76. The molecule has 0 aliphatic rings. The van der Waals surface area contributed by atoms with E-state index in [2.05, 4.69) is 15.6 Å². The summed E-state index contributed by atoms with van der Waals surface area (Å²) in [6.07, 6.45) is 0.324. The highest BCUT2D eigenvalue weighted by atomic mass is 35.5. The number of thiazole rings is 1. The normalized spacial score (nSPS) is 11.6. The van der Waals surface area contributed by atoms with Crippen molar-refractivity contribution in [2.75, 3.05) is 10.6 Å². The molecule has 34 heavy (non-hydrogen) atoms. The monoisotopic (exact) mass is 507 g/mol. The fourth-order valence-corrected chi connectivity index (χ4v) is 4.87. The summed E-state index contributed by atoms with van der Waals surface area (Å²) in [5.74, 6) is -0.192. The molecule has 0 aliphatic heterocycles. The van der Waals surface area contributed by atoms with E-state index in [0.29, 0.717) is 16.6 Å². The summed E-state index contributed by atoms with van der Waals surface area (Å²) in [5.41, 5.74) is 3.43. The van der Waals surface area contributed by atoms with Gasteiger partial charge >= 0.3 is 0 Å². The third-order valence-corrected chi connectivity index (χ3v) is 7.02. The topological polar surface area (TPSA) is 71.1 Å². The lowest BCUT2D eigenvalue weighted by Gasteiger charge is -2.11. The molecule has 3 aromatic carbocycles. The van der Waals surface area contributed by atoms with Gasteiger partial charge in [0.1, 0.15) is 0 Å². The first-order valence-electron chi connectivity index (χ1n) is 10.6. The molecule has 4 aromatic rings. The van der Waals surface area contributed by atoms with Gasteiger partial charge in [-0.3, -0.25) is 9.59 Å². The van der Waals surface area contributed by atoms with Gasteiger partial charge in [0.15, 0.2) is 5.13 Å². The van der Waals surface area contributed by atoms with E-state index in [1.54, 1.807) is 0 Å². The lowest BCUT2D eigenvalue weighted by Crippen LogP contribution is -2.22. The van der Waals surface area contributed by atoms with Crippen LogP contribution >= 0.6 is 34.7 Å². The van der Waals surface area contributed by atoms with E-state index in [1.165, 1.54) is 23.1 Å². The highest BCUT2D eigenvalue weighted by molar-refractivity contribution is 8.00. The molecule has 0 spiro atoms. The summed E-state index contributed by atoms with van der Waals surface area (Å²) in [6, 6.07) is 24.5. The van der Waals surface area contributed by atoms with Crippen molar-refractivity contribution in [1.29, 1.82) is 0 Å². The number of carbonyl (C=O) groups is 2. The highest BCUT2D eigenvalue weighted by Crippen LogP contribution is 2.28. The maximum Gasteiger partial charge on any atom is 0.239 e. The maximum absolute atomic E-state index is 12.7. The Morgan fingerprint density at radius 3 is 2.38 bits per heavy atom. The zero-order chi connectivity index (χ0) is 23.9. The quantitative estimate of drug-likeness (QED) is 0.258. The van der Waals surface area contributed by atoms with Crippen molar-refractivity contribution in [3.8, 4) is 11.3 Å². The number of nitrogens with zero attached hydrogens (tertiary/aromatic N) is 1. The van der Waals surface area contributed by atoms with E-state index in [4.69, 9.17) is 11.6 Å². The van der Waals surface area contributed by atoms with E-state index in [0.717, 1.165) is 27.4 Å². The molecule has 1 unspecified atom stereocenters. The van der Waals surface area contributed by atoms with Gasteiger partial charge in [-0.25, -0.2) is 4.98 Å². The Bertz CT molecular complexity index is 1260. The molecule has 1 aromatic heterocycles. The number of amides is 2. The van der Waals surface area contributed by atoms with E-state index >= 15 is 0 Å². The van der Waals surface area contributed by atoms with Crippen molar-refractivity contribution >= 4 is 57.3 Å². The van der Waals surface area contributed by atoms with Crippen LogP contribution < -0.4 is 10.6 Å². The Morgan fingerprint density at radius 2 is 1.68 bits per heavy atom. The van der Waals surface area contributed by atoms with Crippen LogP contribution in [0.2, 0.25) is 5.02 Å². The third kappa shape index (κ3) is 6.70. The summed E-state index contributed by atoms with van der Waals surface area (Å²) < 4.78 is 0. The van der Waals surface area contributed by atoms with Crippen LogP contribution in [-0.4, -0.2) is 22.0 Å². The van der Waals surface area contributed by atoms with Crippen LogP contribution in [0.3, 0.4) is 0 Å². The molecule has 0 radical (unpaired) electrons. The number of rotatable bonds is 8. The summed E-state index contributed by atoms with van der Waals surface area (Å²) in [4.78, 5) is 30.3. The van der Waals surface area contributed by atoms with Crippen molar-refractivity contribution in [2.24, 2.45) is 0 Å². The Hall–Kier alpha value is -3.13. The van der Waals surface area contributed by atoms with Gasteiger partial charge in [0, 0.05) is 26.5 Å². The van der Waals surface area contributed by atoms with E-state index in [-0.39, 0.29) is 17.1 Å². The number of anilines is 2. The van der Waals surface area contributed by atoms with Crippen molar-refractivity contribution in [1.82, 2.24) is 4.98 Å². The molecule has 4 rings (SSSR count). The van der Waals surface area contributed by atoms with E-state index in [1.807, 2.05) is 91.2 Å². The van der Waals surface area contributed by atoms with Crippen LogP contribution in [0.5, 0.6) is 0 Å². The molecule has 2 amide bonds. The first kappa shape index (κ1) is 24.0. The van der Waals surface area contributed by atoms with Crippen LogP contribution in [0.1, 0.15) is 12.5 Å². The van der Waals surface area contributed by atoms with Gasteiger partial charge in [-0.2, -0.15) is 0 Å². The van der Waals surface area contributed by atoms with Gasteiger partial charge in [0.25, 0.3) is 0 Å². The Kier molecular flexibility index (Phi) is 8.00. The van der Waals surface area contributed by atoms with Crippen LogP contribution in [0.15, 0.2) is 89.1 Å². The number of halogens is 1. The lowest BCUT2D eigenvalue weighted by molar-refractivity contribution is -0.116. The summed E-state index contributed by atoms with van der Waals surface area (Å²) in [5, 5.41) is 8.60. The second-order valence-electron chi connectivity index (χ2n) is 7.53. The minimum atomic E-state index is -0.318. The van der Waals surface area contributed by atoms with Crippen molar-refractivity contribution < 1.29 is 9.59 Å². The van der Waals surface area contributed by atoms with Crippen molar-refractivity contribution in [2.45, 2.75) is 23.5 Å². The molecule has 0 saturated heterocycles. The zero-order valence-electron chi connectivity index (χ0n) is 18.3. The maximum atomic E-state index is 12.7. The number of thioether (sulfide) groups is 1. The van der Waals surface area contributed by atoms with Crippen LogP contribution in [-0.2, 0) is 16.0 Å². The first-order valence-corrected chi connectivity index (χ1v) is 12.7. The van der Waals surface area contributed by atoms with Gasteiger partial charge in [-0.15, -0.1) is 23.1 Å². The third-order valence-electron chi connectivity index (χ3n) is 4.90. The molecule has 0 saturated carbocycles. The van der Waals surface area contributed by atoms with Crippen LogP contribution in [0.25, 0.3) is 11.3 Å². The molecule has 8 heteroatoms. The number of hydrogen-bond donors (Lipinski definition) is 2. The largest absolute Gasteiger partial charge is 0.326 e. The average Bonchev–Trinajstić information content (AvgIpc) is 3.30. The number of nitrogens with one attached hydrogen (secondary N) is 2. The van der Waals surface area contributed by atoms with Gasteiger partial charge in [-0.1, -0.05) is 54.1 Å². The minimum absolute atomic E-state index is 0.0687. The Morgan fingerprint density at radius 1 is 0.971 bits per heavy atom. The first-order chi connectivity index (χ1) is 16.5. The molecular formula is C26H22ClN3O2S2. The molecule has 2 N–H and O–H groups in total. The second-order valence-corrected chi connectivity index (χ2v) is 10.2. The SMILES string of the molecule is CC(Sc1ccc(NC(=O)Cc2ccccc2)cc1)C(=O)Nc1nc(-c2ccc(Cl)cc2)cs1. The number of hydrogen-bond acceptors (Lipinski definition) is 5. The highest BCUT2D eigenvalue weighted by Gasteiger charge is 2.16. The summed E-state index contributed by atoms with van der Waals surface area (Å²) >= 11 is 8.77. The zero-order valence-corrected chi connectivity index (χ0v) is 20.7. The fourth-order valence-electron chi connectivity index (χ4n) is 3.15. The molecule has 0 aliphatic carbocycles. The molecule has 0 bridgehead atoms. The Balaban J connectivity index is 1.28. The van der Waals surface area contributed by atoms with Gasteiger partial charge < -0.3 is 10.6 Å². The second kappa shape index (κ2) is 11.3. The molecular weight excluding hydrogens is 486 g/mol. The Labute approximate surface area is 211 Å². The smallest absolute Gasteiger partial charge is 0.239 e. The van der Waals surface area contributed by atoms with Gasteiger partial charge in [0.2, 0.25) is 11.8 Å². The molecule has 1 atom stereocenters. The molecule has 5 nitrogen and oxygen atoms in total. The van der Waals surface area contributed by atoms with Gasteiger partial charge in [0.05, 0.1) is 17.4 Å². The summed E-state index contributed by atoms with van der Waals surface area (Å²) in [6.45, 7) is 1.85. The molecule has 1 heterocycles. The standard InChI is InChI=1S/C26H22ClN3O2S2/c1-17(25(32)30-26-29-23(16-33-26)19-7-9-20(27)10-8-19)34-22-13-11-21(12-14-22)28-24(31)15-18-5-3-2-4-6-18/h2-14,16-17H,15H2,1H3,(H,28,31)(H,29,30,32). The van der Waals surface area contributed by atoms with Crippen molar-refractivity contribution in [3.05, 3.63) is 94.8 Å². The number of carbonyl (C=O) groups excluding carboxylic acids is 2. The van der Waals surface area contributed by atoms with Gasteiger partial charge in [-0.05, 0) is 48.9 Å². The molecule has 0 fully saturated rings. The minimum Gasteiger partial charge on any atom is -0.326 e. The average molecular weight is 508 g/mol. The van der Waals surface area contributed by atoms with E-state index in [9.17, 15) is 9.59 Å². The van der Waals surface area contributed by atoms with E-state index < -0.39 is 0 Å². The van der Waals surface area contributed by atoms with Crippen LogP contribution in [0, 0.1) is 0 Å². The molecule has 172 valence electrons. The van der Waals surface area contributed by atoms with Crippen LogP contribution in [0.4, 0.5) is 10.8 Å². The predicted molar refractivity (Wildman–Crippen MR) is 142 cm³/mol. The number of aromatic nitrogens is 1. The number of benzene rings is 3.